The van der Waals surface area contributed by atoms with Crippen molar-refractivity contribution in [1.29, 1.82) is 0 Å². The van der Waals surface area contributed by atoms with E-state index >= 15 is 0 Å². The van der Waals surface area contributed by atoms with E-state index in [9.17, 15) is 13.6 Å². The summed E-state index contributed by atoms with van der Waals surface area (Å²) in [5.74, 6) is -5.40. The molecule has 3 rings (SSSR count). The molecule has 0 spiro atoms. The van der Waals surface area contributed by atoms with Gasteiger partial charge < -0.3 is 4.42 Å². The highest BCUT2D eigenvalue weighted by Gasteiger charge is 2.36. The zero-order valence-electron chi connectivity index (χ0n) is 16.5. The number of carbonyl (C=O) groups is 1. The predicted octanol–water partition coefficient (Wildman–Crippen LogP) is 6.61. The molecule has 0 saturated carbocycles. The minimum atomic E-state index is -3.58. The molecular weight excluding hydrogens is 446 g/mol. The zero-order chi connectivity index (χ0) is 21.1. The molecule has 0 aliphatic heterocycles. The molecule has 6 heteroatoms. The molecule has 0 N–H and O–H groups in total. The molecule has 0 unspecified atom stereocenters. The number of hydrogen-bond acceptors (Lipinski definition) is 2. The van der Waals surface area contributed by atoms with Crippen molar-refractivity contribution in [3.05, 3.63) is 67.7 Å². The Morgan fingerprint density at radius 3 is 2.38 bits per heavy atom. The van der Waals surface area contributed by atoms with Crippen LogP contribution in [0.15, 0.2) is 49.7 Å². The minimum Gasteiger partial charge on any atom is -0.454 e. The number of alkyl halides is 2. The average molecular weight is 462 g/mol. The van der Waals surface area contributed by atoms with Gasteiger partial charge in [0.15, 0.2) is 11.5 Å². The lowest BCUT2D eigenvalue weighted by Crippen LogP contribution is -2.13. The number of benzene rings is 2. The SMILES string of the molecule is [2H]c1c([2H])c([2H])c2c(C(=O)c3cc(Br)c(C)c(Br)c3)c(C(C)(F)F)oc2c1[2H]. The van der Waals surface area contributed by atoms with Gasteiger partial charge in [-0.15, -0.1) is 0 Å². The van der Waals surface area contributed by atoms with E-state index in [1.165, 1.54) is 12.1 Å². The lowest BCUT2D eigenvalue weighted by atomic mass is 9.98. The van der Waals surface area contributed by atoms with E-state index in [0.29, 0.717) is 15.9 Å². The molecule has 0 fully saturated rings. The third-order valence-electron chi connectivity index (χ3n) is 3.50. The first-order valence-electron chi connectivity index (χ1n) is 8.77. The van der Waals surface area contributed by atoms with Crippen LogP contribution in [0.4, 0.5) is 8.78 Å². The van der Waals surface area contributed by atoms with Crippen molar-refractivity contribution in [2.24, 2.45) is 0 Å². The topological polar surface area (TPSA) is 30.2 Å². The van der Waals surface area contributed by atoms with Crippen LogP contribution < -0.4 is 0 Å². The first-order valence-corrected chi connectivity index (χ1v) is 8.36. The van der Waals surface area contributed by atoms with Crippen molar-refractivity contribution < 1.29 is 23.5 Å². The van der Waals surface area contributed by atoms with Crippen molar-refractivity contribution in [1.82, 2.24) is 0 Å². The molecule has 2 nitrogen and oxygen atoms in total. The van der Waals surface area contributed by atoms with Crippen LogP contribution in [0.2, 0.25) is 0 Å². The van der Waals surface area contributed by atoms with Gasteiger partial charge >= 0.3 is 5.92 Å². The smallest absolute Gasteiger partial charge is 0.302 e. The van der Waals surface area contributed by atoms with E-state index in [-0.39, 0.29) is 10.9 Å². The molecule has 0 atom stereocenters. The van der Waals surface area contributed by atoms with Crippen molar-refractivity contribution in [2.45, 2.75) is 19.8 Å². The van der Waals surface area contributed by atoms with Crippen molar-refractivity contribution in [2.75, 3.05) is 0 Å². The number of furan rings is 1. The molecule has 0 radical (unpaired) electrons. The Balaban J connectivity index is 2.44. The van der Waals surface area contributed by atoms with Gasteiger partial charge in [-0.3, -0.25) is 4.79 Å². The van der Waals surface area contributed by atoms with Crippen molar-refractivity contribution >= 4 is 48.6 Å². The molecule has 0 saturated heterocycles. The molecule has 0 aliphatic rings. The number of carbonyl (C=O) groups excluding carboxylic acids is 1. The largest absolute Gasteiger partial charge is 0.454 e. The van der Waals surface area contributed by atoms with E-state index in [4.69, 9.17) is 9.90 Å². The quantitative estimate of drug-likeness (QED) is 0.411. The van der Waals surface area contributed by atoms with Crippen LogP contribution in [0.1, 0.15) is 39.7 Å². The summed E-state index contributed by atoms with van der Waals surface area (Å²) < 4.78 is 66.3. The minimum absolute atomic E-state index is 0.0601. The highest BCUT2D eigenvalue weighted by molar-refractivity contribution is 9.11. The van der Waals surface area contributed by atoms with Crippen LogP contribution >= 0.6 is 31.9 Å². The van der Waals surface area contributed by atoms with E-state index in [2.05, 4.69) is 31.9 Å². The third-order valence-corrected chi connectivity index (χ3v) is 5.15. The second-order valence-electron chi connectivity index (χ2n) is 5.29. The molecule has 1 aromatic heterocycles. The Labute approximate surface area is 159 Å². The van der Waals surface area contributed by atoms with Crippen LogP contribution in [-0.2, 0) is 5.92 Å². The van der Waals surface area contributed by atoms with Gasteiger partial charge in [0.2, 0.25) is 0 Å². The second kappa shape index (κ2) is 6.08. The summed E-state index contributed by atoms with van der Waals surface area (Å²) in [4.78, 5) is 13.2. The van der Waals surface area contributed by atoms with Gasteiger partial charge in [-0.25, -0.2) is 0 Å². The van der Waals surface area contributed by atoms with Gasteiger partial charge in [0.25, 0.3) is 0 Å². The molecule has 0 aliphatic carbocycles. The lowest BCUT2D eigenvalue weighted by Gasteiger charge is -2.10. The summed E-state index contributed by atoms with van der Waals surface area (Å²) in [6.45, 7) is 2.33. The van der Waals surface area contributed by atoms with Crippen molar-refractivity contribution in [3.63, 3.8) is 0 Å². The van der Waals surface area contributed by atoms with E-state index in [1.807, 2.05) is 0 Å². The maximum absolute atomic E-state index is 14.2. The summed E-state index contributed by atoms with van der Waals surface area (Å²) >= 11 is 6.62. The molecule has 0 bridgehead atoms. The molecule has 1 heterocycles. The zero-order valence-corrected chi connectivity index (χ0v) is 15.7. The van der Waals surface area contributed by atoms with E-state index < -0.39 is 52.8 Å². The monoisotopic (exact) mass is 460 g/mol. The van der Waals surface area contributed by atoms with Gasteiger partial charge in [-0.1, -0.05) is 50.0 Å². The fourth-order valence-corrected chi connectivity index (χ4v) is 3.45. The van der Waals surface area contributed by atoms with Crippen LogP contribution in [0.5, 0.6) is 0 Å². The highest BCUT2D eigenvalue weighted by Crippen LogP contribution is 2.38. The van der Waals surface area contributed by atoms with Crippen LogP contribution in [0.3, 0.4) is 0 Å². The number of hydrogen-bond donors (Lipinski definition) is 0. The maximum atomic E-state index is 14.2. The molecular formula is C18H12Br2F2O2. The summed E-state index contributed by atoms with van der Waals surface area (Å²) in [6, 6.07) is 0.437. The van der Waals surface area contributed by atoms with Crippen LogP contribution in [0, 0.1) is 6.92 Å². The van der Waals surface area contributed by atoms with Gasteiger partial charge in [-0.2, -0.15) is 8.78 Å². The first-order chi connectivity index (χ1) is 12.9. The summed E-state index contributed by atoms with van der Waals surface area (Å²) in [5.41, 5.74) is -0.185. The fraction of sp³-hybridized carbons (Fsp3) is 0.167. The highest BCUT2D eigenvalue weighted by atomic mass is 79.9. The van der Waals surface area contributed by atoms with E-state index in [1.54, 1.807) is 6.92 Å². The van der Waals surface area contributed by atoms with Gasteiger partial charge in [0, 0.05) is 26.8 Å². The number of ketones is 1. The summed E-state index contributed by atoms with van der Waals surface area (Å²) in [7, 11) is 0. The Morgan fingerprint density at radius 1 is 1.21 bits per heavy atom. The molecule has 124 valence electrons. The Morgan fingerprint density at radius 2 is 1.79 bits per heavy atom. The van der Waals surface area contributed by atoms with E-state index in [0.717, 1.165) is 5.56 Å². The Kier molecular flexibility index (Phi) is 3.24. The number of para-hydroxylation sites is 1. The van der Waals surface area contributed by atoms with Crippen LogP contribution in [-0.4, -0.2) is 5.78 Å². The summed E-state index contributed by atoms with van der Waals surface area (Å²) in [6.07, 6.45) is 0. The number of fused-ring (bicyclic) bond motifs is 1. The third kappa shape index (κ3) is 2.93. The fourth-order valence-electron chi connectivity index (χ4n) is 2.27. The summed E-state index contributed by atoms with van der Waals surface area (Å²) in [5, 5.41) is -0.361. The normalized spacial score (nSPS) is 14.2. The first kappa shape index (κ1) is 12.8. The van der Waals surface area contributed by atoms with Gasteiger partial charge in [-0.05, 0) is 30.7 Å². The Hall–Kier alpha value is -1.53. The standard InChI is InChI=1S/C18H12Br2F2O2/c1-9-12(19)7-10(8-13(9)20)16(23)15-11-5-3-4-6-14(11)24-17(15)18(2,21)22/h3-8H,1-2H3/i3D,4D,5D,6D. The lowest BCUT2D eigenvalue weighted by molar-refractivity contribution is -0.00469. The Bertz CT molecular complexity index is 1130. The molecule has 2 aromatic carbocycles. The number of rotatable bonds is 3. The second-order valence-corrected chi connectivity index (χ2v) is 7.00. The van der Waals surface area contributed by atoms with Gasteiger partial charge in [0.05, 0.1) is 11.0 Å². The molecule has 3 aromatic rings. The predicted molar refractivity (Wildman–Crippen MR) is 95.8 cm³/mol. The van der Waals surface area contributed by atoms with Crippen molar-refractivity contribution in [3.8, 4) is 0 Å². The number of halogens is 4. The average Bonchev–Trinajstić information content (AvgIpc) is 3.02. The van der Waals surface area contributed by atoms with Gasteiger partial charge in [0.1, 0.15) is 5.58 Å². The maximum Gasteiger partial charge on any atom is 0.302 e. The molecule has 0 amide bonds. The van der Waals surface area contributed by atoms with Crippen LogP contribution in [0.25, 0.3) is 11.0 Å². The molecule has 24 heavy (non-hydrogen) atoms.